The van der Waals surface area contributed by atoms with E-state index < -0.39 is 0 Å². The molecule has 122 valence electrons. The molecule has 23 heavy (non-hydrogen) atoms. The van der Waals surface area contributed by atoms with Crippen molar-refractivity contribution in [1.29, 1.82) is 0 Å². The molecule has 0 atom stereocenters. The summed E-state index contributed by atoms with van der Waals surface area (Å²) in [5.41, 5.74) is 1.44. The molecular formula is C18H21NO4. The van der Waals surface area contributed by atoms with Crippen LogP contribution >= 0.6 is 0 Å². The van der Waals surface area contributed by atoms with Crippen molar-refractivity contribution in [3.63, 3.8) is 0 Å². The van der Waals surface area contributed by atoms with Crippen molar-refractivity contribution >= 4 is 5.91 Å². The summed E-state index contributed by atoms with van der Waals surface area (Å²) in [6.07, 6.45) is 0. The van der Waals surface area contributed by atoms with E-state index in [4.69, 9.17) is 14.2 Å². The number of benzene rings is 2. The summed E-state index contributed by atoms with van der Waals surface area (Å²) in [5, 5.41) is 2.81. The molecule has 0 aromatic heterocycles. The number of methoxy groups -OCH3 is 2. The van der Waals surface area contributed by atoms with Crippen LogP contribution in [0.4, 0.5) is 0 Å². The fourth-order valence-electron chi connectivity index (χ4n) is 2.21. The van der Waals surface area contributed by atoms with Crippen LogP contribution in [-0.2, 0) is 0 Å². The van der Waals surface area contributed by atoms with Crippen LogP contribution in [0.25, 0.3) is 0 Å². The number of carbonyl (C=O) groups is 1. The third-order valence-electron chi connectivity index (χ3n) is 3.39. The van der Waals surface area contributed by atoms with Gasteiger partial charge in [-0.15, -0.1) is 0 Å². The lowest BCUT2D eigenvalue weighted by Crippen LogP contribution is -2.28. The Labute approximate surface area is 136 Å². The number of hydrogen-bond acceptors (Lipinski definition) is 4. The number of aryl methyl sites for hydroxylation is 1. The zero-order valence-corrected chi connectivity index (χ0v) is 13.6. The first-order chi connectivity index (χ1) is 11.2. The zero-order valence-electron chi connectivity index (χ0n) is 13.6. The maximum absolute atomic E-state index is 12.4. The molecule has 2 rings (SSSR count). The molecule has 5 heteroatoms. The van der Waals surface area contributed by atoms with Crippen LogP contribution in [0.3, 0.4) is 0 Å². The molecule has 0 aliphatic rings. The van der Waals surface area contributed by atoms with Crippen LogP contribution in [0.15, 0.2) is 42.5 Å². The normalized spacial score (nSPS) is 10.0. The summed E-state index contributed by atoms with van der Waals surface area (Å²) in [6.45, 7) is 2.75. The summed E-state index contributed by atoms with van der Waals surface area (Å²) in [5.74, 6) is 1.51. The second kappa shape index (κ2) is 8.08. The minimum absolute atomic E-state index is 0.257. The van der Waals surface area contributed by atoms with E-state index in [9.17, 15) is 4.79 Å². The van der Waals surface area contributed by atoms with Gasteiger partial charge < -0.3 is 19.5 Å². The SMILES string of the molecule is COc1cccc(OC)c1C(=O)NCCOc1ccccc1C. The minimum atomic E-state index is -0.257. The number of para-hydroxylation sites is 1. The van der Waals surface area contributed by atoms with Gasteiger partial charge in [0.25, 0.3) is 5.91 Å². The number of carbonyl (C=O) groups excluding carboxylic acids is 1. The van der Waals surface area contributed by atoms with Gasteiger partial charge >= 0.3 is 0 Å². The van der Waals surface area contributed by atoms with Gasteiger partial charge in [-0.25, -0.2) is 0 Å². The lowest BCUT2D eigenvalue weighted by molar-refractivity contribution is 0.0940. The van der Waals surface area contributed by atoms with Crippen molar-refractivity contribution in [1.82, 2.24) is 5.32 Å². The van der Waals surface area contributed by atoms with Gasteiger partial charge in [0.05, 0.1) is 20.8 Å². The topological polar surface area (TPSA) is 56.8 Å². The summed E-state index contributed by atoms with van der Waals surface area (Å²) < 4.78 is 16.1. The molecule has 2 aromatic rings. The molecule has 0 aliphatic heterocycles. The van der Waals surface area contributed by atoms with E-state index in [1.807, 2.05) is 31.2 Å². The summed E-state index contributed by atoms with van der Waals surface area (Å²) in [6, 6.07) is 13.0. The molecule has 0 saturated carbocycles. The van der Waals surface area contributed by atoms with Crippen LogP contribution in [0.5, 0.6) is 17.2 Å². The van der Waals surface area contributed by atoms with Crippen molar-refractivity contribution in [3.05, 3.63) is 53.6 Å². The van der Waals surface area contributed by atoms with E-state index in [2.05, 4.69) is 5.32 Å². The average Bonchev–Trinajstić information content (AvgIpc) is 2.59. The summed E-state index contributed by atoms with van der Waals surface area (Å²) in [4.78, 5) is 12.4. The molecule has 0 bridgehead atoms. The van der Waals surface area contributed by atoms with Gasteiger partial charge in [0, 0.05) is 0 Å². The average molecular weight is 315 g/mol. The van der Waals surface area contributed by atoms with Crippen LogP contribution in [-0.4, -0.2) is 33.3 Å². The van der Waals surface area contributed by atoms with Crippen LogP contribution < -0.4 is 19.5 Å². The van der Waals surface area contributed by atoms with E-state index in [1.54, 1.807) is 18.2 Å². The predicted molar refractivity (Wildman–Crippen MR) is 88.6 cm³/mol. The molecule has 0 spiro atoms. The Morgan fingerprint density at radius 3 is 2.17 bits per heavy atom. The number of ether oxygens (including phenoxy) is 3. The summed E-state index contributed by atoms with van der Waals surface area (Å²) >= 11 is 0. The predicted octanol–water partition coefficient (Wildman–Crippen LogP) is 2.82. The molecule has 0 radical (unpaired) electrons. The highest BCUT2D eigenvalue weighted by Gasteiger charge is 2.17. The molecule has 0 unspecified atom stereocenters. The van der Waals surface area contributed by atoms with Gasteiger partial charge in [0.1, 0.15) is 29.4 Å². The molecule has 0 aliphatic carbocycles. The van der Waals surface area contributed by atoms with Crippen molar-refractivity contribution in [3.8, 4) is 17.2 Å². The smallest absolute Gasteiger partial charge is 0.258 e. The first kappa shape index (κ1) is 16.7. The quantitative estimate of drug-likeness (QED) is 0.798. The van der Waals surface area contributed by atoms with Crippen molar-refractivity contribution < 1.29 is 19.0 Å². The van der Waals surface area contributed by atoms with Crippen molar-refractivity contribution in [2.45, 2.75) is 6.92 Å². The van der Waals surface area contributed by atoms with Crippen molar-refractivity contribution in [2.75, 3.05) is 27.4 Å². The standard InChI is InChI=1S/C18H21NO4/c1-13-7-4-5-8-14(13)23-12-11-19-18(20)17-15(21-2)9-6-10-16(17)22-3/h4-10H,11-12H2,1-3H3,(H,19,20). The maximum Gasteiger partial charge on any atom is 0.258 e. The van der Waals surface area contributed by atoms with Crippen LogP contribution in [0.1, 0.15) is 15.9 Å². The fourth-order valence-corrected chi connectivity index (χ4v) is 2.21. The lowest BCUT2D eigenvalue weighted by atomic mass is 10.1. The Morgan fingerprint density at radius 1 is 0.957 bits per heavy atom. The Hall–Kier alpha value is -2.69. The number of amides is 1. The Morgan fingerprint density at radius 2 is 1.57 bits per heavy atom. The van der Waals surface area contributed by atoms with E-state index in [1.165, 1.54) is 14.2 Å². The Balaban J connectivity index is 1.94. The van der Waals surface area contributed by atoms with Crippen LogP contribution in [0.2, 0.25) is 0 Å². The minimum Gasteiger partial charge on any atom is -0.496 e. The molecule has 1 amide bonds. The number of hydrogen-bond donors (Lipinski definition) is 1. The van der Waals surface area contributed by atoms with Gasteiger partial charge in [-0.2, -0.15) is 0 Å². The van der Waals surface area contributed by atoms with Gasteiger partial charge in [-0.05, 0) is 30.7 Å². The lowest BCUT2D eigenvalue weighted by Gasteiger charge is -2.13. The van der Waals surface area contributed by atoms with Gasteiger partial charge in [0.2, 0.25) is 0 Å². The monoisotopic (exact) mass is 315 g/mol. The second-order valence-corrected chi connectivity index (χ2v) is 4.91. The first-order valence-corrected chi connectivity index (χ1v) is 7.35. The zero-order chi connectivity index (χ0) is 16.7. The molecule has 0 saturated heterocycles. The Bertz CT molecular complexity index is 648. The van der Waals surface area contributed by atoms with Gasteiger partial charge in [-0.3, -0.25) is 4.79 Å². The maximum atomic E-state index is 12.4. The molecule has 1 N–H and O–H groups in total. The fraction of sp³-hybridized carbons (Fsp3) is 0.278. The third-order valence-corrected chi connectivity index (χ3v) is 3.39. The highest BCUT2D eigenvalue weighted by atomic mass is 16.5. The molecule has 0 heterocycles. The van der Waals surface area contributed by atoms with E-state index in [0.717, 1.165) is 11.3 Å². The molecule has 0 fully saturated rings. The number of nitrogens with one attached hydrogen (secondary N) is 1. The van der Waals surface area contributed by atoms with E-state index >= 15 is 0 Å². The van der Waals surface area contributed by atoms with E-state index in [0.29, 0.717) is 30.2 Å². The Kier molecular flexibility index (Phi) is 5.86. The first-order valence-electron chi connectivity index (χ1n) is 7.35. The van der Waals surface area contributed by atoms with Gasteiger partial charge in [-0.1, -0.05) is 24.3 Å². The summed E-state index contributed by atoms with van der Waals surface area (Å²) in [7, 11) is 3.04. The number of rotatable bonds is 7. The van der Waals surface area contributed by atoms with Crippen LogP contribution in [0, 0.1) is 6.92 Å². The highest BCUT2D eigenvalue weighted by Crippen LogP contribution is 2.27. The highest BCUT2D eigenvalue weighted by molar-refractivity contribution is 5.99. The molecule has 5 nitrogen and oxygen atoms in total. The van der Waals surface area contributed by atoms with Crippen molar-refractivity contribution in [2.24, 2.45) is 0 Å². The third kappa shape index (κ3) is 4.16. The van der Waals surface area contributed by atoms with E-state index in [-0.39, 0.29) is 5.91 Å². The molecule has 2 aromatic carbocycles. The molecular weight excluding hydrogens is 294 g/mol. The largest absolute Gasteiger partial charge is 0.496 e. The second-order valence-electron chi connectivity index (χ2n) is 4.91. The van der Waals surface area contributed by atoms with Gasteiger partial charge in [0.15, 0.2) is 0 Å².